The zero-order valence-electron chi connectivity index (χ0n) is 18.5. The van der Waals surface area contributed by atoms with Gasteiger partial charge in [-0.3, -0.25) is 9.59 Å². The molecule has 0 aromatic rings. The Morgan fingerprint density at radius 3 is 2.47 bits per heavy atom. The Hall–Kier alpha value is -1.68. The summed E-state index contributed by atoms with van der Waals surface area (Å²) in [6.07, 6.45) is 8.76. The third kappa shape index (κ3) is 4.96. The van der Waals surface area contributed by atoms with Crippen molar-refractivity contribution >= 4 is 11.8 Å². The molecule has 4 fully saturated rings. The smallest absolute Gasteiger partial charge is 0.237 e. The van der Waals surface area contributed by atoms with E-state index in [-0.39, 0.29) is 48.3 Å². The van der Waals surface area contributed by atoms with E-state index < -0.39 is 12.2 Å². The highest BCUT2D eigenvalue weighted by atomic mass is 19.1. The number of halogens is 1. The van der Waals surface area contributed by atoms with Crippen LogP contribution in [0.5, 0.6) is 0 Å². The maximum absolute atomic E-state index is 13.6. The van der Waals surface area contributed by atoms with Gasteiger partial charge in [-0.1, -0.05) is 26.2 Å². The monoisotopic (exact) mass is 420 g/mol. The molecule has 1 saturated heterocycles. The van der Waals surface area contributed by atoms with E-state index >= 15 is 0 Å². The first-order chi connectivity index (χ1) is 14.3. The Bertz CT molecular complexity index is 652. The van der Waals surface area contributed by atoms with Gasteiger partial charge in [0.25, 0.3) is 0 Å². The number of carbonyl (C=O) groups excluding carboxylic acids is 2. The molecule has 0 radical (unpaired) electrons. The van der Waals surface area contributed by atoms with Crippen molar-refractivity contribution in [1.82, 2.24) is 15.5 Å². The van der Waals surface area contributed by atoms with E-state index in [0.717, 1.165) is 51.4 Å². The number of nitrogens with one attached hydrogen (secondary N) is 2. The molecule has 0 spiro atoms. The fourth-order valence-corrected chi connectivity index (χ4v) is 5.49. The molecule has 3 aliphatic carbocycles. The minimum atomic E-state index is -1.11. The van der Waals surface area contributed by atoms with Crippen LogP contribution in [0.15, 0.2) is 0 Å². The Kier molecular flexibility index (Phi) is 7.38. The lowest BCUT2D eigenvalue weighted by Crippen LogP contribution is -2.60. The Balaban J connectivity index is 1.48. The number of unbranched alkanes of at least 4 members (excludes halogenated alkanes) is 2. The largest absolute Gasteiger partial charge is 0.353 e. The summed E-state index contributed by atoms with van der Waals surface area (Å²) in [4.78, 5) is 26.9. The maximum Gasteiger partial charge on any atom is 0.237 e. The van der Waals surface area contributed by atoms with Crippen molar-refractivity contribution < 1.29 is 14.0 Å². The summed E-state index contributed by atoms with van der Waals surface area (Å²) in [5, 5.41) is 15.8. The van der Waals surface area contributed by atoms with Crippen molar-refractivity contribution in [3.8, 4) is 6.07 Å². The van der Waals surface area contributed by atoms with Crippen LogP contribution in [0.3, 0.4) is 0 Å². The van der Waals surface area contributed by atoms with Crippen LogP contribution in [0.1, 0.15) is 84.5 Å². The van der Waals surface area contributed by atoms with Gasteiger partial charge < -0.3 is 15.5 Å². The van der Waals surface area contributed by atoms with Crippen molar-refractivity contribution in [3.05, 3.63) is 0 Å². The SMILES string of the molecule is CCCCCC(C)NC(=O)C12CCC(NCC(=O)N3C[C@@H](F)C[C@H]3C#N)(CC1)CC2. The lowest BCUT2D eigenvalue weighted by atomic mass is 9.57. The van der Waals surface area contributed by atoms with Crippen LogP contribution in [-0.2, 0) is 9.59 Å². The molecule has 2 bridgehead atoms. The van der Waals surface area contributed by atoms with Crippen LogP contribution in [0.4, 0.5) is 4.39 Å². The Morgan fingerprint density at radius 2 is 1.87 bits per heavy atom. The predicted molar refractivity (Wildman–Crippen MR) is 113 cm³/mol. The van der Waals surface area contributed by atoms with Gasteiger partial charge >= 0.3 is 0 Å². The number of alkyl halides is 1. The predicted octanol–water partition coefficient (Wildman–Crippen LogP) is 3.22. The van der Waals surface area contributed by atoms with Crippen LogP contribution in [0.25, 0.3) is 0 Å². The van der Waals surface area contributed by atoms with E-state index in [1.54, 1.807) is 0 Å². The lowest BCUT2D eigenvalue weighted by molar-refractivity contribution is -0.140. The highest BCUT2D eigenvalue weighted by molar-refractivity contribution is 5.83. The van der Waals surface area contributed by atoms with Crippen LogP contribution in [0.2, 0.25) is 0 Å². The fourth-order valence-electron chi connectivity index (χ4n) is 5.49. The summed E-state index contributed by atoms with van der Waals surface area (Å²) < 4.78 is 13.6. The molecule has 1 heterocycles. The third-order valence-corrected chi connectivity index (χ3v) is 7.68. The summed E-state index contributed by atoms with van der Waals surface area (Å²) >= 11 is 0. The van der Waals surface area contributed by atoms with Gasteiger partial charge in [0.1, 0.15) is 12.2 Å². The maximum atomic E-state index is 13.6. The number of rotatable bonds is 9. The first-order valence-corrected chi connectivity index (χ1v) is 11.7. The van der Waals surface area contributed by atoms with E-state index in [4.69, 9.17) is 5.26 Å². The van der Waals surface area contributed by atoms with Crippen molar-refractivity contribution in [2.75, 3.05) is 13.1 Å². The fraction of sp³-hybridized carbons (Fsp3) is 0.870. The number of amides is 2. The molecule has 30 heavy (non-hydrogen) atoms. The Labute approximate surface area is 179 Å². The molecular formula is C23H37FN4O2. The van der Waals surface area contributed by atoms with Gasteiger partial charge in [0.2, 0.25) is 11.8 Å². The number of nitriles is 1. The van der Waals surface area contributed by atoms with E-state index in [1.165, 1.54) is 17.7 Å². The molecule has 168 valence electrons. The number of carbonyl (C=O) groups is 2. The molecule has 0 aromatic carbocycles. The van der Waals surface area contributed by atoms with Crippen molar-refractivity contribution in [2.24, 2.45) is 5.41 Å². The molecule has 6 nitrogen and oxygen atoms in total. The molecule has 2 N–H and O–H groups in total. The van der Waals surface area contributed by atoms with Gasteiger partial charge in [-0.15, -0.1) is 0 Å². The second-order valence-electron chi connectivity index (χ2n) is 9.81. The molecule has 3 atom stereocenters. The van der Waals surface area contributed by atoms with Crippen LogP contribution < -0.4 is 10.6 Å². The summed E-state index contributed by atoms with van der Waals surface area (Å²) in [5.74, 6) is 0.0101. The molecular weight excluding hydrogens is 383 g/mol. The molecule has 4 aliphatic rings. The van der Waals surface area contributed by atoms with Crippen molar-refractivity contribution in [3.63, 3.8) is 0 Å². The topological polar surface area (TPSA) is 85.2 Å². The van der Waals surface area contributed by atoms with E-state index in [0.29, 0.717) is 0 Å². The van der Waals surface area contributed by atoms with Crippen LogP contribution in [-0.4, -0.2) is 53.6 Å². The number of hydrogen-bond acceptors (Lipinski definition) is 4. The third-order valence-electron chi connectivity index (χ3n) is 7.68. The molecule has 2 amide bonds. The minimum Gasteiger partial charge on any atom is -0.353 e. The van der Waals surface area contributed by atoms with Gasteiger partial charge in [-0.05, 0) is 51.9 Å². The second kappa shape index (κ2) is 9.64. The number of fused-ring (bicyclic) bond motifs is 3. The summed E-state index contributed by atoms with van der Waals surface area (Å²) in [6, 6.07) is 1.60. The number of likely N-dealkylation sites (tertiary alicyclic amines) is 1. The Morgan fingerprint density at radius 1 is 1.20 bits per heavy atom. The van der Waals surface area contributed by atoms with Crippen molar-refractivity contribution in [1.29, 1.82) is 5.26 Å². The molecule has 4 rings (SSSR count). The van der Waals surface area contributed by atoms with E-state index in [1.807, 2.05) is 6.07 Å². The normalized spacial score (nSPS) is 33.9. The summed E-state index contributed by atoms with van der Waals surface area (Å²) in [5.41, 5.74) is -0.365. The minimum absolute atomic E-state index is 0.0193. The average Bonchev–Trinajstić information content (AvgIpc) is 3.14. The lowest BCUT2D eigenvalue weighted by Gasteiger charge is -2.53. The van der Waals surface area contributed by atoms with E-state index in [2.05, 4.69) is 24.5 Å². The van der Waals surface area contributed by atoms with E-state index in [9.17, 15) is 14.0 Å². The highest BCUT2D eigenvalue weighted by Crippen LogP contribution is 2.52. The van der Waals surface area contributed by atoms with Crippen LogP contribution >= 0.6 is 0 Å². The zero-order chi connectivity index (χ0) is 21.8. The van der Waals surface area contributed by atoms with Gasteiger partial charge in [-0.2, -0.15) is 5.26 Å². The first-order valence-electron chi connectivity index (χ1n) is 11.7. The standard InChI is InChI=1S/C23H37FN4O2/c1-3-4-5-6-17(2)27-21(30)22-7-10-23(11-8-22,12-9-22)26-15-20(29)28-16-18(24)13-19(28)14-25/h17-19,26H,3-13,15-16H2,1-2H3,(H,27,30)/t17?,18-,19-,22?,23?/m0/s1. The van der Waals surface area contributed by atoms with Crippen LogP contribution in [0, 0.1) is 16.7 Å². The van der Waals surface area contributed by atoms with Gasteiger partial charge in [-0.25, -0.2) is 4.39 Å². The highest BCUT2D eigenvalue weighted by Gasteiger charge is 2.52. The molecule has 0 aromatic heterocycles. The quantitative estimate of drug-likeness (QED) is 0.561. The molecule has 1 aliphatic heterocycles. The first kappa shape index (κ1) is 23.0. The molecule has 3 saturated carbocycles. The number of hydrogen-bond donors (Lipinski definition) is 2. The molecule has 7 heteroatoms. The van der Waals surface area contributed by atoms with Gasteiger partial charge in [0.15, 0.2) is 0 Å². The van der Waals surface area contributed by atoms with Crippen molar-refractivity contribution in [2.45, 2.75) is 108 Å². The second-order valence-corrected chi connectivity index (χ2v) is 9.81. The summed E-state index contributed by atoms with van der Waals surface area (Å²) in [7, 11) is 0. The van der Waals surface area contributed by atoms with Gasteiger partial charge in [0, 0.05) is 23.4 Å². The zero-order valence-corrected chi connectivity index (χ0v) is 18.5. The average molecular weight is 421 g/mol. The summed E-state index contributed by atoms with van der Waals surface area (Å²) in [6.45, 7) is 4.44. The van der Waals surface area contributed by atoms with Gasteiger partial charge in [0.05, 0.1) is 19.2 Å². The number of nitrogens with zero attached hydrogens (tertiary/aromatic N) is 2. The molecule has 1 unspecified atom stereocenters.